The van der Waals surface area contributed by atoms with Gasteiger partial charge in [-0.25, -0.2) is 0 Å². The van der Waals surface area contributed by atoms with Crippen molar-refractivity contribution in [2.75, 3.05) is 4.90 Å². The van der Waals surface area contributed by atoms with Gasteiger partial charge in [0.05, 0.1) is 16.8 Å². The summed E-state index contributed by atoms with van der Waals surface area (Å²) in [6.07, 6.45) is 0. The summed E-state index contributed by atoms with van der Waals surface area (Å²) in [6, 6.07) is 86.9. The van der Waals surface area contributed by atoms with Gasteiger partial charge in [-0.3, -0.25) is 0 Å². The molecule has 0 unspecified atom stereocenters. The Morgan fingerprint density at radius 1 is 0.310 bits per heavy atom. The molecular weight excluding hydrogens is 699 g/mol. The van der Waals surface area contributed by atoms with Crippen LogP contribution >= 0.6 is 0 Å². The van der Waals surface area contributed by atoms with Crippen molar-refractivity contribution in [2.24, 2.45) is 0 Å². The zero-order valence-corrected chi connectivity index (χ0v) is 32.0. The maximum atomic E-state index is 2.57. The minimum absolute atomic E-state index is 0.532. The van der Waals surface area contributed by atoms with E-state index in [2.05, 4.69) is 241 Å². The fourth-order valence-corrected chi connectivity index (χ4v) is 9.76. The van der Waals surface area contributed by atoms with Crippen LogP contribution in [0.3, 0.4) is 0 Å². The predicted octanol–water partition coefficient (Wildman–Crippen LogP) is 15.2. The first-order valence-corrected chi connectivity index (χ1v) is 20.1. The van der Waals surface area contributed by atoms with Gasteiger partial charge < -0.3 is 4.90 Å². The first-order valence-electron chi connectivity index (χ1n) is 20.1. The molecule has 1 aliphatic rings. The van der Waals surface area contributed by atoms with Crippen molar-refractivity contribution in [1.29, 1.82) is 0 Å². The second-order valence-electron chi connectivity index (χ2n) is 15.2. The lowest BCUT2D eigenvalue weighted by molar-refractivity contribution is 0.768. The molecule has 0 atom stereocenters. The molecular formula is C57H39N. The van der Waals surface area contributed by atoms with Crippen molar-refractivity contribution < 1.29 is 0 Å². The molecule has 0 radical (unpaired) electrons. The molecule has 0 aromatic heterocycles. The summed E-state index contributed by atoms with van der Waals surface area (Å²) in [5.74, 6) is 0. The van der Waals surface area contributed by atoms with Gasteiger partial charge in [-0.15, -0.1) is 0 Å². The van der Waals surface area contributed by atoms with Crippen LogP contribution in [-0.2, 0) is 5.41 Å². The minimum Gasteiger partial charge on any atom is -0.309 e. The number of nitrogens with zero attached hydrogens (tertiary/aromatic N) is 1. The summed E-state index contributed by atoms with van der Waals surface area (Å²) in [6.45, 7) is 0. The maximum Gasteiger partial charge on any atom is 0.0714 e. The van der Waals surface area contributed by atoms with Gasteiger partial charge in [0.2, 0.25) is 0 Å². The predicted molar refractivity (Wildman–Crippen MR) is 244 cm³/mol. The van der Waals surface area contributed by atoms with Crippen molar-refractivity contribution in [2.45, 2.75) is 5.41 Å². The van der Waals surface area contributed by atoms with Crippen LogP contribution in [0.1, 0.15) is 22.3 Å². The Morgan fingerprint density at radius 3 is 1.47 bits per heavy atom. The van der Waals surface area contributed by atoms with E-state index in [0.29, 0.717) is 0 Å². The summed E-state index contributed by atoms with van der Waals surface area (Å²) >= 11 is 0. The van der Waals surface area contributed by atoms with Crippen LogP contribution in [0.15, 0.2) is 237 Å². The molecule has 0 saturated heterocycles. The van der Waals surface area contributed by atoms with E-state index >= 15 is 0 Å². The van der Waals surface area contributed by atoms with E-state index in [1.54, 1.807) is 0 Å². The molecule has 1 heteroatoms. The third-order valence-electron chi connectivity index (χ3n) is 12.1. The van der Waals surface area contributed by atoms with Crippen molar-refractivity contribution in [3.63, 3.8) is 0 Å². The summed E-state index contributed by atoms with van der Waals surface area (Å²) in [7, 11) is 0. The van der Waals surface area contributed by atoms with Crippen LogP contribution in [-0.4, -0.2) is 0 Å². The van der Waals surface area contributed by atoms with E-state index in [9.17, 15) is 0 Å². The fraction of sp³-hybridized carbons (Fsp3) is 0.0175. The molecule has 10 aromatic carbocycles. The highest BCUT2D eigenvalue weighted by atomic mass is 15.2. The summed E-state index contributed by atoms with van der Waals surface area (Å²) in [5, 5.41) is 4.90. The molecule has 0 aliphatic heterocycles. The van der Waals surface area contributed by atoms with Gasteiger partial charge >= 0.3 is 0 Å². The van der Waals surface area contributed by atoms with Gasteiger partial charge in [0.25, 0.3) is 0 Å². The number of anilines is 3. The Balaban J connectivity index is 1.32. The lowest BCUT2D eigenvalue weighted by Gasteiger charge is -2.35. The molecule has 0 heterocycles. The van der Waals surface area contributed by atoms with Crippen molar-refractivity contribution in [1.82, 2.24) is 0 Å². The van der Waals surface area contributed by atoms with E-state index < -0.39 is 5.41 Å². The number of hydrogen-bond acceptors (Lipinski definition) is 1. The molecule has 0 amide bonds. The molecule has 272 valence electrons. The van der Waals surface area contributed by atoms with Crippen LogP contribution in [0.25, 0.3) is 54.9 Å². The first kappa shape index (κ1) is 33.8. The van der Waals surface area contributed by atoms with Crippen LogP contribution in [0, 0.1) is 0 Å². The Hall–Kier alpha value is -7.48. The van der Waals surface area contributed by atoms with Gasteiger partial charge in [-0.2, -0.15) is 0 Å². The Morgan fingerprint density at radius 2 is 0.793 bits per heavy atom. The normalized spacial score (nSPS) is 12.6. The lowest BCUT2D eigenvalue weighted by Crippen LogP contribution is -2.28. The fourth-order valence-electron chi connectivity index (χ4n) is 9.76. The average Bonchev–Trinajstić information content (AvgIpc) is 3.62. The van der Waals surface area contributed by atoms with Crippen molar-refractivity contribution >= 4 is 38.6 Å². The molecule has 0 N–H and O–H groups in total. The molecule has 0 fully saturated rings. The Labute approximate surface area is 339 Å². The standard InChI is InChI=1S/C57H39N/c1-5-21-40(22-6-1)42-25-19-30-45(39-42)58(56-49-34-16-14-32-47(49)46-31-13-15-33-48(46)54(56)41-23-7-2-8-24-41)53-38-20-37-52-55(53)50-35-17-18-36-51(50)57(52,43-26-9-3-10-27-43)44-28-11-4-12-29-44/h1-39H. The topological polar surface area (TPSA) is 3.24 Å². The van der Waals surface area contributed by atoms with Crippen LogP contribution in [0.2, 0.25) is 0 Å². The third-order valence-corrected chi connectivity index (χ3v) is 12.1. The molecule has 1 aliphatic carbocycles. The van der Waals surface area contributed by atoms with E-state index in [0.717, 1.165) is 17.1 Å². The summed E-state index contributed by atoms with van der Waals surface area (Å²) < 4.78 is 0. The smallest absolute Gasteiger partial charge is 0.0714 e. The Bertz CT molecular complexity index is 3060. The number of fused-ring (bicyclic) bond motifs is 6. The highest BCUT2D eigenvalue weighted by molar-refractivity contribution is 6.23. The van der Waals surface area contributed by atoms with E-state index in [1.165, 1.54) is 77.2 Å². The third kappa shape index (κ3) is 5.17. The van der Waals surface area contributed by atoms with Gasteiger partial charge in [-0.05, 0) is 78.9 Å². The number of benzene rings is 10. The number of rotatable bonds is 7. The van der Waals surface area contributed by atoms with Crippen LogP contribution in [0.4, 0.5) is 17.1 Å². The van der Waals surface area contributed by atoms with Crippen LogP contribution < -0.4 is 4.90 Å². The van der Waals surface area contributed by atoms with E-state index in [1.807, 2.05) is 0 Å². The molecule has 0 bridgehead atoms. The molecule has 11 rings (SSSR count). The first-order chi connectivity index (χ1) is 28.8. The minimum atomic E-state index is -0.532. The zero-order valence-electron chi connectivity index (χ0n) is 32.0. The molecule has 10 aromatic rings. The van der Waals surface area contributed by atoms with Crippen molar-refractivity contribution in [3.8, 4) is 33.4 Å². The van der Waals surface area contributed by atoms with Crippen LogP contribution in [0.5, 0.6) is 0 Å². The number of hydrogen-bond donors (Lipinski definition) is 0. The molecule has 0 spiro atoms. The largest absolute Gasteiger partial charge is 0.309 e. The van der Waals surface area contributed by atoms with E-state index in [4.69, 9.17) is 0 Å². The highest BCUT2D eigenvalue weighted by Gasteiger charge is 2.47. The maximum absolute atomic E-state index is 2.57. The molecule has 1 nitrogen and oxygen atoms in total. The SMILES string of the molecule is c1ccc(-c2cccc(N(c3cccc4c3-c3ccccc3C4(c3ccccc3)c3ccccc3)c3c(-c4ccccc4)c4ccccc4c4ccccc34)c2)cc1. The second kappa shape index (κ2) is 13.9. The molecule has 58 heavy (non-hydrogen) atoms. The monoisotopic (exact) mass is 737 g/mol. The second-order valence-corrected chi connectivity index (χ2v) is 15.2. The van der Waals surface area contributed by atoms with Crippen molar-refractivity contribution in [3.05, 3.63) is 259 Å². The highest BCUT2D eigenvalue weighted by Crippen LogP contribution is 2.60. The average molecular weight is 738 g/mol. The lowest BCUT2D eigenvalue weighted by atomic mass is 9.68. The van der Waals surface area contributed by atoms with Gasteiger partial charge in [0, 0.05) is 22.2 Å². The zero-order chi connectivity index (χ0) is 38.5. The summed E-state index contributed by atoms with van der Waals surface area (Å²) in [4.78, 5) is 2.57. The Kier molecular flexibility index (Phi) is 8.12. The van der Waals surface area contributed by atoms with Gasteiger partial charge in [0.15, 0.2) is 0 Å². The molecule has 0 saturated carbocycles. The van der Waals surface area contributed by atoms with Gasteiger partial charge in [-0.1, -0.05) is 218 Å². The van der Waals surface area contributed by atoms with E-state index in [-0.39, 0.29) is 0 Å². The quantitative estimate of drug-likeness (QED) is 0.147. The summed E-state index contributed by atoms with van der Waals surface area (Å²) in [5.41, 5.74) is 15.2. The van der Waals surface area contributed by atoms with Gasteiger partial charge in [0.1, 0.15) is 0 Å².